The van der Waals surface area contributed by atoms with Crippen molar-refractivity contribution in [2.45, 2.75) is 18.6 Å². The summed E-state index contributed by atoms with van der Waals surface area (Å²) in [5.74, 6) is -0.390. The molecule has 0 saturated carbocycles. The van der Waals surface area contributed by atoms with E-state index < -0.39 is 24.7 Å². The van der Waals surface area contributed by atoms with Crippen molar-refractivity contribution in [1.29, 1.82) is 0 Å². The Balaban J connectivity index is 0.00000200. The summed E-state index contributed by atoms with van der Waals surface area (Å²) >= 11 is 0. The summed E-state index contributed by atoms with van der Waals surface area (Å²) in [5, 5.41) is 2.49. The third-order valence-corrected chi connectivity index (χ3v) is 2.46. The van der Waals surface area contributed by atoms with E-state index in [0.717, 1.165) is 12.1 Å². The van der Waals surface area contributed by atoms with Gasteiger partial charge in [-0.2, -0.15) is 17.6 Å². The highest BCUT2D eigenvalue weighted by molar-refractivity contribution is 5.85. The quantitative estimate of drug-likeness (QED) is 0.868. The van der Waals surface area contributed by atoms with E-state index in [9.17, 15) is 22.4 Å². The lowest BCUT2D eigenvalue weighted by Crippen LogP contribution is -2.33. The Hall–Kier alpha value is -1.70. The van der Waals surface area contributed by atoms with Crippen molar-refractivity contribution in [2.24, 2.45) is 0 Å². The zero-order valence-corrected chi connectivity index (χ0v) is 10.6. The molecule has 0 spiro atoms. The number of alkyl halides is 4. The second-order valence-electron chi connectivity index (χ2n) is 3.83. The standard InChI is InChI=1S/C11H9F4NO3.ClH/c12-9(13)11(14,15)19-7-3-1-6(2-4-7)8-5-18-10(17)16-8;/h1-4,8-9H,5H2,(H,16,17);1H/t8-;/m0./s1. The molecule has 0 unspecified atom stereocenters. The van der Waals surface area contributed by atoms with Crippen molar-refractivity contribution in [1.82, 2.24) is 5.32 Å². The van der Waals surface area contributed by atoms with E-state index in [1.165, 1.54) is 12.1 Å². The van der Waals surface area contributed by atoms with Crippen LogP contribution in [0.1, 0.15) is 11.6 Å². The minimum atomic E-state index is -4.54. The Kier molecular flexibility index (Phi) is 5.04. The second kappa shape index (κ2) is 6.17. The van der Waals surface area contributed by atoms with Gasteiger partial charge in [-0.25, -0.2) is 4.79 Å². The zero-order chi connectivity index (χ0) is 14.0. The lowest BCUT2D eigenvalue weighted by atomic mass is 10.1. The molecule has 1 N–H and O–H groups in total. The van der Waals surface area contributed by atoms with Gasteiger partial charge in [0.05, 0.1) is 6.04 Å². The SMILES string of the molecule is Cl.O=C1N[C@H](c2ccc(OC(F)(F)C(F)F)cc2)CO1. The first-order valence-electron chi connectivity index (χ1n) is 5.27. The number of carbonyl (C=O) groups excluding carboxylic acids is 1. The zero-order valence-electron chi connectivity index (χ0n) is 9.82. The fourth-order valence-corrected chi connectivity index (χ4v) is 1.53. The van der Waals surface area contributed by atoms with Crippen molar-refractivity contribution in [3.05, 3.63) is 29.8 Å². The maximum Gasteiger partial charge on any atom is 0.461 e. The van der Waals surface area contributed by atoms with E-state index in [0.29, 0.717) is 5.56 Å². The highest BCUT2D eigenvalue weighted by atomic mass is 35.5. The number of halogens is 5. The first kappa shape index (κ1) is 16.4. The molecule has 1 aliphatic rings. The molecule has 2 rings (SSSR count). The van der Waals surface area contributed by atoms with Crippen LogP contribution in [-0.2, 0) is 4.74 Å². The van der Waals surface area contributed by atoms with Crippen LogP contribution in [0.2, 0.25) is 0 Å². The van der Waals surface area contributed by atoms with Gasteiger partial charge >= 0.3 is 18.6 Å². The Bertz CT molecular complexity index is 469. The van der Waals surface area contributed by atoms with Gasteiger partial charge in [0.1, 0.15) is 12.4 Å². The Morgan fingerprint density at radius 3 is 2.35 bits per heavy atom. The third-order valence-electron chi connectivity index (χ3n) is 2.46. The number of ether oxygens (including phenoxy) is 2. The molecule has 20 heavy (non-hydrogen) atoms. The first-order chi connectivity index (χ1) is 8.88. The minimum absolute atomic E-state index is 0. The van der Waals surface area contributed by atoms with Crippen LogP contribution in [0.4, 0.5) is 22.4 Å². The molecule has 0 radical (unpaired) electrons. The Morgan fingerprint density at radius 1 is 1.30 bits per heavy atom. The fraction of sp³-hybridized carbons (Fsp3) is 0.364. The molecule has 9 heteroatoms. The molecule has 0 aromatic heterocycles. The molecule has 1 saturated heterocycles. The van der Waals surface area contributed by atoms with Crippen molar-refractivity contribution < 1.29 is 31.8 Å². The van der Waals surface area contributed by atoms with Crippen LogP contribution in [0.3, 0.4) is 0 Å². The molecule has 1 amide bonds. The van der Waals surface area contributed by atoms with Crippen LogP contribution in [0.25, 0.3) is 0 Å². The van der Waals surface area contributed by atoms with Crippen molar-refractivity contribution in [2.75, 3.05) is 6.61 Å². The monoisotopic (exact) mass is 315 g/mol. The normalized spacial score (nSPS) is 18.2. The number of rotatable bonds is 4. The lowest BCUT2D eigenvalue weighted by molar-refractivity contribution is -0.253. The predicted molar refractivity (Wildman–Crippen MR) is 62.5 cm³/mol. The molecule has 0 aliphatic carbocycles. The summed E-state index contributed by atoms with van der Waals surface area (Å²) in [6.45, 7) is 0.117. The summed E-state index contributed by atoms with van der Waals surface area (Å²) in [4.78, 5) is 10.8. The molecular weight excluding hydrogens is 306 g/mol. The van der Waals surface area contributed by atoms with E-state index in [2.05, 4.69) is 14.8 Å². The van der Waals surface area contributed by atoms with E-state index in [1.807, 2.05) is 0 Å². The van der Waals surface area contributed by atoms with Crippen LogP contribution in [-0.4, -0.2) is 25.2 Å². The van der Waals surface area contributed by atoms with Gasteiger partial charge < -0.3 is 14.8 Å². The number of amides is 1. The van der Waals surface area contributed by atoms with E-state index in [4.69, 9.17) is 0 Å². The molecule has 1 fully saturated rings. The molecular formula is C11H10ClF4NO3. The maximum atomic E-state index is 12.6. The summed E-state index contributed by atoms with van der Waals surface area (Å²) < 4.78 is 57.7. The summed E-state index contributed by atoms with van der Waals surface area (Å²) in [7, 11) is 0. The molecule has 1 atom stereocenters. The van der Waals surface area contributed by atoms with Gasteiger partial charge in [-0.3, -0.25) is 0 Å². The maximum absolute atomic E-state index is 12.6. The number of nitrogens with one attached hydrogen (secondary N) is 1. The molecule has 1 heterocycles. The Labute approximate surface area is 117 Å². The summed E-state index contributed by atoms with van der Waals surface area (Å²) in [5.41, 5.74) is 0.596. The summed E-state index contributed by atoms with van der Waals surface area (Å²) in [6.07, 6.45) is -9.02. The highest BCUT2D eigenvalue weighted by Gasteiger charge is 2.43. The molecule has 1 aliphatic heterocycles. The van der Waals surface area contributed by atoms with Crippen molar-refractivity contribution in [3.63, 3.8) is 0 Å². The van der Waals surface area contributed by atoms with Gasteiger partial charge in [-0.15, -0.1) is 12.4 Å². The number of hydrogen-bond donors (Lipinski definition) is 1. The van der Waals surface area contributed by atoms with E-state index in [-0.39, 0.29) is 24.8 Å². The molecule has 1 aromatic carbocycles. The number of cyclic esters (lactones) is 1. The lowest BCUT2D eigenvalue weighted by Gasteiger charge is -2.17. The highest BCUT2D eigenvalue weighted by Crippen LogP contribution is 2.28. The topological polar surface area (TPSA) is 47.6 Å². The van der Waals surface area contributed by atoms with E-state index >= 15 is 0 Å². The first-order valence-corrected chi connectivity index (χ1v) is 5.27. The van der Waals surface area contributed by atoms with Crippen LogP contribution in [0, 0.1) is 0 Å². The van der Waals surface area contributed by atoms with Gasteiger partial charge in [0.15, 0.2) is 0 Å². The van der Waals surface area contributed by atoms with Crippen LogP contribution >= 0.6 is 12.4 Å². The van der Waals surface area contributed by atoms with Gasteiger partial charge in [0.25, 0.3) is 0 Å². The largest absolute Gasteiger partial charge is 0.461 e. The van der Waals surface area contributed by atoms with Gasteiger partial charge in [-0.05, 0) is 17.7 Å². The molecule has 4 nitrogen and oxygen atoms in total. The molecule has 112 valence electrons. The summed E-state index contributed by atoms with van der Waals surface area (Å²) in [6, 6.07) is 4.62. The molecule has 0 bridgehead atoms. The average Bonchev–Trinajstić information content (AvgIpc) is 2.76. The average molecular weight is 316 g/mol. The number of benzene rings is 1. The van der Waals surface area contributed by atoms with Crippen LogP contribution < -0.4 is 10.1 Å². The number of alkyl carbamates (subject to hydrolysis) is 1. The van der Waals surface area contributed by atoms with Gasteiger partial charge in [0, 0.05) is 0 Å². The smallest absolute Gasteiger partial charge is 0.447 e. The number of hydrogen-bond acceptors (Lipinski definition) is 3. The van der Waals surface area contributed by atoms with Crippen LogP contribution in [0.15, 0.2) is 24.3 Å². The predicted octanol–water partition coefficient (Wildman–Crippen LogP) is 3.13. The fourth-order valence-electron chi connectivity index (χ4n) is 1.53. The Morgan fingerprint density at radius 2 is 1.90 bits per heavy atom. The minimum Gasteiger partial charge on any atom is -0.447 e. The van der Waals surface area contributed by atoms with Crippen molar-refractivity contribution >= 4 is 18.5 Å². The molecule has 1 aromatic rings. The van der Waals surface area contributed by atoms with Gasteiger partial charge in [-0.1, -0.05) is 12.1 Å². The van der Waals surface area contributed by atoms with Crippen LogP contribution in [0.5, 0.6) is 5.75 Å². The third kappa shape index (κ3) is 3.66. The van der Waals surface area contributed by atoms with E-state index in [1.54, 1.807) is 0 Å². The van der Waals surface area contributed by atoms with Gasteiger partial charge in [0.2, 0.25) is 0 Å². The van der Waals surface area contributed by atoms with Crippen molar-refractivity contribution in [3.8, 4) is 5.75 Å². The second-order valence-corrected chi connectivity index (χ2v) is 3.83. The number of carbonyl (C=O) groups is 1.